The third-order valence-electron chi connectivity index (χ3n) is 4.98. The summed E-state index contributed by atoms with van der Waals surface area (Å²) in [4.78, 5) is 28.7. The molecule has 0 aliphatic carbocycles. The van der Waals surface area contributed by atoms with Gasteiger partial charge >= 0.3 is 5.97 Å². The highest BCUT2D eigenvalue weighted by molar-refractivity contribution is 7.89. The Morgan fingerprint density at radius 2 is 2.00 bits per heavy atom. The molecule has 0 saturated carbocycles. The monoisotopic (exact) mass is 442 g/mol. The molecule has 1 aliphatic heterocycles. The fraction of sp³-hybridized carbons (Fsp3) is 0.333. The first-order valence-electron chi connectivity index (χ1n) is 9.73. The fourth-order valence-corrected chi connectivity index (χ4v) is 4.65. The highest BCUT2D eigenvalue weighted by Crippen LogP contribution is 2.24. The molecular formula is C21H22N4O5S. The summed E-state index contributed by atoms with van der Waals surface area (Å²) in [5, 5.41) is 11.5. The largest absolute Gasteiger partial charge is 0.452 e. The van der Waals surface area contributed by atoms with E-state index in [1.54, 1.807) is 24.3 Å². The van der Waals surface area contributed by atoms with E-state index in [4.69, 9.17) is 10.00 Å². The predicted octanol–water partition coefficient (Wildman–Crippen LogP) is 1.92. The van der Waals surface area contributed by atoms with Crippen molar-refractivity contribution in [1.82, 2.24) is 9.29 Å². The molecule has 0 bridgehead atoms. The summed E-state index contributed by atoms with van der Waals surface area (Å²) in [6, 6.07) is 11.4. The van der Waals surface area contributed by atoms with Crippen molar-refractivity contribution in [3.63, 3.8) is 0 Å². The first-order chi connectivity index (χ1) is 14.8. The Bertz CT molecular complexity index is 1090. The van der Waals surface area contributed by atoms with Crippen molar-refractivity contribution in [2.24, 2.45) is 5.92 Å². The van der Waals surface area contributed by atoms with E-state index in [2.05, 4.69) is 10.3 Å². The van der Waals surface area contributed by atoms with Gasteiger partial charge in [-0.15, -0.1) is 0 Å². The highest BCUT2D eigenvalue weighted by Gasteiger charge is 2.34. The van der Waals surface area contributed by atoms with Crippen molar-refractivity contribution in [1.29, 1.82) is 5.26 Å². The molecule has 1 aromatic heterocycles. The molecule has 31 heavy (non-hydrogen) atoms. The summed E-state index contributed by atoms with van der Waals surface area (Å²) < 4.78 is 31.9. The lowest BCUT2D eigenvalue weighted by atomic mass is 9.98. The maximum atomic E-state index is 12.6. The van der Waals surface area contributed by atoms with Crippen LogP contribution in [0.25, 0.3) is 0 Å². The van der Waals surface area contributed by atoms with Gasteiger partial charge in [0.05, 0.1) is 17.6 Å². The van der Waals surface area contributed by atoms with E-state index in [1.165, 1.54) is 35.8 Å². The zero-order valence-electron chi connectivity index (χ0n) is 16.9. The second-order valence-corrected chi connectivity index (χ2v) is 9.07. The van der Waals surface area contributed by atoms with Gasteiger partial charge in [0.25, 0.3) is 5.91 Å². The van der Waals surface area contributed by atoms with Crippen LogP contribution in [0.1, 0.15) is 25.3 Å². The first kappa shape index (κ1) is 22.4. The molecule has 1 aliphatic rings. The van der Waals surface area contributed by atoms with E-state index in [-0.39, 0.29) is 18.0 Å². The van der Waals surface area contributed by atoms with Gasteiger partial charge in [-0.1, -0.05) is 6.07 Å². The lowest BCUT2D eigenvalue weighted by molar-refractivity contribution is -0.158. The number of aromatic nitrogens is 1. The minimum absolute atomic E-state index is 0.113. The number of ether oxygens (including phenoxy) is 1. The van der Waals surface area contributed by atoms with Crippen molar-refractivity contribution in [3.05, 3.63) is 54.4 Å². The van der Waals surface area contributed by atoms with Crippen LogP contribution < -0.4 is 5.32 Å². The Balaban J connectivity index is 1.52. The molecular weight excluding hydrogens is 420 g/mol. The molecule has 1 amide bonds. The third kappa shape index (κ3) is 5.45. The zero-order valence-corrected chi connectivity index (χ0v) is 17.7. The number of sulfonamides is 1. The van der Waals surface area contributed by atoms with Crippen LogP contribution in [-0.4, -0.2) is 48.8 Å². The highest BCUT2D eigenvalue weighted by atomic mass is 32.2. The van der Waals surface area contributed by atoms with Gasteiger partial charge in [0.2, 0.25) is 10.0 Å². The molecule has 162 valence electrons. The molecule has 10 heteroatoms. The predicted molar refractivity (Wildman–Crippen MR) is 111 cm³/mol. The summed E-state index contributed by atoms with van der Waals surface area (Å²) >= 11 is 0. The van der Waals surface area contributed by atoms with E-state index in [0.717, 1.165) is 0 Å². The number of carbonyl (C=O) groups excluding carboxylic acids is 2. The second kappa shape index (κ2) is 9.68. The Hall–Kier alpha value is -3.29. The van der Waals surface area contributed by atoms with Gasteiger partial charge < -0.3 is 10.1 Å². The number of pyridine rings is 1. The Morgan fingerprint density at radius 1 is 1.26 bits per heavy atom. The lowest BCUT2D eigenvalue weighted by Crippen LogP contribution is -2.41. The van der Waals surface area contributed by atoms with Gasteiger partial charge in [0, 0.05) is 31.2 Å². The number of benzene rings is 1. The van der Waals surface area contributed by atoms with E-state index >= 15 is 0 Å². The number of amides is 1. The number of nitriles is 1. The molecule has 1 N–H and O–H groups in total. The summed E-state index contributed by atoms with van der Waals surface area (Å²) in [5.41, 5.74) is 0.830. The first-order valence-corrected chi connectivity index (χ1v) is 11.2. The number of hydrogen-bond acceptors (Lipinski definition) is 7. The molecule has 1 atom stereocenters. The number of esters is 1. The zero-order chi connectivity index (χ0) is 22.4. The maximum absolute atomic E-state index is 12.6. The smallest absolute Gasteiger partial charge is 0.309 e. The fourth-order valence-electron chi connectivity index (χ4n) is 3.21. The van der Waals surface area contributed by atoms with E-state index < -0.39 is 33.9 Å². The number of hydrogen-bond donors (Lipinski definition) is 1. The summed E-state index contributed by atoms with van der Waals surface area (Å²) in [5.74, 6) is -1.54. The number of rotatable bonds is 6. The lowest BCUT2D eigenvalue weighted by Gasteiger charge is -2.30. The van der Waals surface area contributed by atoms with E-state index in [1.807, 2.05) is 6.07 Å². The van der Waals surface area contributed by atoms with E-state index in [0.29, 0.717) is 24.1 Å². The van der Waals surface area contributed by atoms with Crippen LogP contribution in [0.3, 0.4) is 0 Å². The van der Waals surface area contributed by atoms with Gasteiger partial charge in [-0.2, -0.15) is 9.57 Å². The average molecular weight is 442 g/mol. The van der Waals surface area contributed by atoms with Crippen LogP contribution >= 0.6 is 0 Å². The molecule has 1 unspecified atom stereocenters. The average Bonchev–Trinajstić information content (AvgIpc) is 2.79. The molecule has 1 saturated heterocycles. The minimum Gasteiger partial charge on any atom is -0.452 e. The molecule has 9 nitrogen and oxygen atoms in total. The SMILES string of the molecule is CC(OC(=O)C1CCN(S(=O)(=O)c2cccnc2)CC1)C(=O)Nc1cccc(C#N)c1. The van der Waals surface area contributed by atoms with Gasteiger partial charge in [-0.05, 0) is 50.1 Å². The van der Waals surface area contributed by atoms with Crippen LogP contribution in [0.15, 0.2) is 53.7 Å². The number of anilines is 1. The normalized spacial score (nSPS) is 16.1. The molecule has 1 fully saturated rings. The van der Waals surface area contributed by atoms with Gasteiger partial charge in [0.15, 0.2) is 6.10 Å². The van der Waals surface area contributed by atoms with Crippen molar-refractivity contribution in [2.75, 3.05) is 18.4 Å². The van der Waals surface area contributed by atoms with Crippen LogP contribution in [0.2, 0.25) is 0 Å². The number of piperidine rings is 1. The maximum Gasteiger partial charge on any atom is 0.309 e. The van der Waals surface area contributed by atoms with Gasteiger partial charge in [0.1, 0.15) is 4.90 Å². The van der Waals surface area contributed by atoms with Crippen LogP contribution in [0.4, 0.5) is 5.69 Å². The molecule has 0 spiro atoms. The topological polar surface area (TPSA) is 129 Å². The molecule has 2 aromatic rings. The quantitative estimate of drug-likeness (QED) is 0.677. The summed E-state index contributed by atoms with van der Waals surface area (Å²) in [6.07, 6.45) is 2.37. The molecule has 0 radical (unpaired) electrons. The Kier molecular flexibility index (Phi) is 6.99. The number of carbonyl (C=O) groups is 2. The minimum atomic E-state index is -3.66. The van der Waals surface area contributed by atoms with Gasteiger partial charge in [-0.3, -0.25) is 14.6 Å². The molecule has 3 rings (SSSR count). The van der Waals surface area contributed by atoms with Crippen LogP contribution in [0.5, 0.6) is 0 Å². The third-order valence-corrected chi connectivity index (χ3v) is 6.86. The van der Waals surface area contributed by atoms with Crippen molar-refractivity contribution in [2.45, 2.75) is 30.8 Å². The Labute approximate surface area is 180 Å². The van der Waals surface area contributed by atoms with Gasteiger partial charge in [-0.25, -0.2) is 8.42 Å². The van der Waals surface area contributed by atoms with Crippen LogP contribution in [-0.2, 0) is 24.3 Å². The van der Waals surface area contributed by atoms with Crippen molar-refractivity contribution >= 4 is 27.6 Å². The second-order valence-electron chi connectivity index (χ2n) is 7.13. The van der Waals surface area contributed by atoms with Crippen LogP contribution in [0, 0.1) is 17.2 Å². The number of nitrogens with zero attached hydrogens (tertiary/aromatic N) is 3. The molecule has 2 heterocycles. The number of nitrogens with one attached hydrogen (secondary N) is 1. The Morgan fingerprint density at radius 3 is 2.65 bits per heavy atom. The summed E-state index contributed by atoms with van der Waals surface area (Å²) in [6.45, 7) is 1.82. The van der Waals surface area contributed by atoms with Crippen molar-refractivity contribution < 1.29 is 22.7 Å². The van der Waals surface area contributed by atoms with E-state index in [9.17, 15) is 18.0 Å². The standard InChI is InChI=1S/C21H22N4O5S/c1-15(20(26)24-18-5-2-4-16(12-18)13-22)30-21(27)17-7-10-25(11-8-17)31(28,29)19-6-3-9-23-14-19/h2-6,9,12,14-15,17H,7-8,10-11H2,1H3,(H,24,26). The van der Waals surface area contributed by atoms with Crippen molar-refractivity contribution in [3.8, 4) is 6.07 Å². The summed E-state index contributed by atoms with van der Waals surface area (Å²) in [7, 11) is -3.66. The molecule has 1 aromatic carbocycles.